The second-order valence-corrected chi connectivity index (χ2v) is 8.56. The van der Waals surface area contributed by atoms with Crippen LogP contribution in [0.2, 0.25) is 0 Å². The Morgan fingerprint density at radius 2 is 1.97 bits per heavy atom. The summed E-state index contributed by atoms with van der Waals surface area (Å²) in [5.41, 5.74) is 3.43. The second-order valence-electron chi connectivity index (χ2n) is 8.56. The molecule has 8 heteroatoms. The molecule has 2 aromatic heterocycles. The minimum absolute atomic E-state index is 0.00282. The third-order valence-electron chi connectivity index (χ3n) is 5.98. The molecule has 30 heavy (non-hydrogen) atoms. The van der Waals surface area contributed by atoms with Crippen molar-refractivity contribution in [1.82, 2.24) is 14.7 Å². The zero-order valence-corrected chi connectivity index (χ0v) is 17.2. The van der Waals surface area contributed by atoms with E-state index in [1.165, 1.54) is 18.5 Å². The van der Waals surface area contributed by atoms with Crippen molar-refractivity contribution in [2.45, 2.75) is 82.5 Å². The number of hydrogen-bond acceptors (Lipinski definition) is 3. The predicted molar refractivity (Wildman–Crippen MR) is 107 cm³/mol. The lowest BCUT2D eigenvalue weighted by molar-refractivity contribution is -0.139. The lowest BCUT2D eigenvalue weighted by Crippen LogP contribution is -2.39. The number of carbonyl (C=O) groups excluding carboxylic acids is 1. The summed E-state index contributed by atoms with van der Waals surface area (Å²) in [6.07, 6.45) is 2.36. The first-order chi connectivity index (χ1) is 14.3. The predicted octanol–water partition coefficient (Wildman–Crippen LogP) is 4.92. The number of halogens is 3. The fourth-order valence-corrected chi connectivity index (χ4v) is 4.26. The van der Waals surface area contributed by atoms with Crippen molar-refractivity contribution in [1.29, 1.82) is 0 Å². The van der Waals surface area contributed by atoms with Gasteiger partial charge in [0.05, 0.1) is 11.7 Å². The minimum atomic E-state index is -4.12. The molecular formula is C22H28F3N3O2. The van der Waals surface area contributed by atoms with Crippen LogP contribution < -0.4 is 5.32 Å². The summed E-state index contributed by atoms with van der Waals surface area (Å²) in [4.78, 5) is 17.5. The molecule has 2 saturated carbocycles. The molecule has 2 aliphatic carbocycles. The fourth-order valence-electron chi connectivity index (χ4n) is 4.26. The molecule has 2 heterocycles. The number of nitrogens with zero attached hydrogens (tertiary/aromatic N) is 2. The quantitative estimate of drug-likeness (QED) is 0.643. The average Bonchev–Trinajstić information content (AvgIpc) is 3.44. The van der Waals surface area contributed by atoms with E-state index < -0.39 is 12.6 Å². The highest BCUT2D eigenvalue weighted by molar-refractivity contribution is 6.00. The van der Waals surface area contributed by atoms with Gasteiger partial charge < -0.3 is 14.5 Å². The van der Waals surface area contributed by atoms with Crippen molar-refractivity contribution in [2.75, 3.05) is 6.61 Å². The molecule has 5 nitrogen and oxygen atoms in total. The molecule has 0 aliphatic heterocycles. The van der Waals surface area contributed by atoms with Crippen LogP contribution in [0.5, 0.6) is 0 Å². The monoisotopic (exact) mass is 423 g/mol. The number of carbonyl (C=O) groups is 1. The van der Waals surface area contributed by atoms with E-state index in [-0.39, 0.29) is 31.1 Å². The van der Waals surface area contributed by atoms with Gasteiger partial charge in [0.2, 0.25) is 0 Å². The van der Waals surface area contributed by atoms with E-state index in [0.717, 1.165) is 31.4 Å². The highest BCUT2D eigenvalue weighted by atomic mass is 19.4. The van der Waals surface area contributed by atoms with Crippen LogP contribution in [0.1, 0.15) is 79.0 Å². The number of fused-ring (bicyclic) bond motifs is 1. The number of amides is 1. The van der Waals surface area contributed by atoms with E-state index in [1.54, 1.807) is 0 Å². The number of hydrogen-bond donors (Lipinski definition) is 1. The maximum atomic E-state index is 12.9. The molecule has 0 radical (unpaired) electrons. The van der Waals surface area contributed by atoms with Crippen molar-refractivity contribution in [3.8, 4) is 0 Å². The maximum absolute atomic E-state index is 12.9. The Balaban J connectivity index is 1.29. The van der Waals surface area contributed by atoms with Crippen molar-refractivity contribution in [3.63, 3.8) is 0 Å². The summed E-state index contributed by atoms with van der Waals surface area (Å²) in [5.74, 6) is 0.441. The Morgan fingerprint density at radius 3 is 2.63 bits per heavy atom. The van der Waals surface area contributed by atoms with E-state index in [1.807, 2.05) is 23.6 Å². The topological polar surface area (TPSA) is 55.6 Å². The lowest BCUT2D eigenvalue weighted by Gasteiger charge is -2.29. The van der Waals surface area contributed by atoms with Gasteiger partial charge in [0, 0.05) is 36.7 Å². The SMILES string of the molecule is Cc1cc(C2CC2)n2ccc(C(=O)N[C@H]3CC[C@H](OCCCC(F)(F)F)CC3)c2n1. The van der Waals surface area contributed by atoms with Gasteiger partial charge in [0.1, 0.15) is 5.65 Å². The average molecular weight is 423 g/mol. The number of rotatable bonds is 7. The lowest BCUT2D eigenvalue weighted by atomic mass is 9.92. The molecule has 2 aromatic rings. The van der Waals surface area contributed by atoms with Crippen LogP contribution in [0, 0.1) is 6.92 Å². The molecule has 164 valence electrons. The summed E-state index contributed by atoms with van der Waals surface area (Å²) in [7, 11) is 0. The molecule has 2 fully saturated rings. The van der Waals surface area contributed by atoms with Crippen molar-refractivity contribution in [2.24, 2.45) is 0 Å². The Morgan fingerprint density at radius 1 is 1.23 bits per heavy atom. The first kappa shape index (κ1) is 21.2. The molecule has 1 N–H and O–H groups in total. The molecule has 0 atom stereocenters. The number of alkyl halides is 3. The largest absolute Gasteiger partial charge is 0.389 e. The maximum Gasteiger partial charge on any atom is 0.389 e. The summed E-state index contributed by atoms with van der Waals surface area (Å²) < 4.78 is 44.2. The van der Waals surface area contributed by atoms with E-state index in [9.17, 15) is 18.0 Å². The van der Waals surface area contributed by atoms with E-state index in [4.69, 9.17) is 4.74 Å². The standard InChI is InChI=1S/C22H28F3N3O2/c1-14-13-19(15-3-4-15)28-11-9-18(20(28)26-14)21(29)27-16-5-7-17(8-6-16)30-12-2-10-22(23,24)25/h9,11,13,15-17H,2-8,10,12H2,1H3,(H,27,29)/t16-,17-. The molecule has 0 saturated heterocycles. The van der Waals surface area contributed by atoms with Gasteiger partial charge in [-0.25, -0.2) is 4.98 Å². The van der Waals surface area contributed by atoms with Crippen molar-refractivity contribution < 1.29 is 22.7 Å². The van der Waals surface area contributed by atoms with Crippen LogP contribution in [0.15, 0.2) is 18.3 Å². The highest BCUT2D eigenvalue weighted by Gasteiger charge is 2.29. The number of nitrogens with one attached hydrogen (secondary N) is 1. The Labute approximate surface area is 174 Å². The molecule has 0 spiro atoms. The first-order valence-corrected chi connectivity index (χ1v) is 10.8. The van der Waals surface area contributed by atoms with Crippen LogP contribution in [0.3, 0.4) is 0 Å². The minimum Gasteiger partial charge on any atom is -0.378 e. The van der Waals surface area contributed by atoms with Gasteiger partial charge in [-0.3, -0.25) is 4.79 Å². The van der Waals surface area contributed by atoms with Crippen LogP contribution in [-0.2, 0) is 4.74 Å². The van der Waals surface area contributed by atoms with E-state index >= 15 is 0 Å². The van der Waals surface area contributed by atoms with E-state index in [2.05, 4.69) is 16.4 Å². The first-order valence-electron chi connectivity index (χ1n) is 10.8. The van der Waals surface area contributed by atoms with Crippen LogP contribution in [-0.4, -0.2) is 40.2 Å². The smallest absolute Gasteiger partial charge is 0.378 e. The van der Waals surface area contributed by atoms with Crippen LogP contribution in [0.4, 0.5) is 13.2 Å². The summed E-state index contributed by atoms with van der Waals surface area (Å²) in [6, 6.07) is 3.98. The van der Waals surface area contributed by atoms with Gasteiger partial charge in [-0.15, -0.1) is 0 Å². The fraction of sp³-hybridized carbons (Fsp3) is 0.636. The van der Waals surface area contributed by atoms with E-state index in [0.29, 0.717) is 17.1 Å². The number of aromatic nitrogens is 2. The molecule has 0 unspecified atom stereocenters. The van der Waals surface area contributed by atoms with Gasteiger partial charge >= 0.3 is 6.18 Å². The highest BCUT2D eigenvalue weighted by Crippen LogP contribution is 2.40. The number of ether oxygens (including phenoxy) is 1. The van der Waals surface area contributed by atoms with Crippen LogP contribution in [0.25, 0.3) is 5.65 Å². The molecular weight excluding hydrogens is 395 g/mol. The van der Waals surface area contributed by atoms with Crippen LogP contribution >= 0.6 is 0 Å². The molecule has 4 rings (SSSR count). The molecule has 0 bridgehead atoms. The number of aryl methyl sites for hydroxylation is 1. The Hall–Kier alpha value is -2.09. The zero-order valence-electron chi connectivity index (χ0n) is 17.2. The van der Waals surface area contributed by atoms with Gasteiger partial charge in [-0.1, -0.05) is 0 Å². The zero-order chi connectivity index (χ0) is 21.3. The Kier molecular flexibility index (Phi) is 6.04. The van der Waals surface area contributed by atoms with Gasteiger partial charge in [-0.05, 0) is 69.9 Å². The molecule has 2 aliphatic rings. The summed E-state index contributed by atoms with van der Waals surface area (Å²) in [6.45, 7) is 2.09. The van der Waals surface area contributed by atoms with Gasteiger partial charge in [-0.2, -0.15) is 13.2 Å². The van der Waals surface area contributed by atoms with Gasteiger partial charge in [0.15, 0.2) is 0 Å². The Bertz CT molecular complexity index is 897. The third-order valence-corrected chi connectivity index (χ3v) is 5.98. The molecule has 0 aromatic carbocycles. The summed E-state index contributed by atoms with van der Waals surface area (Å²) >= 11 is 0. The normalized spacial score (nSPS) is 22.4. The van der Waals surface area contributed by atoms with Crippen molar-refractivity contribution >= 4 is 11.6 Å². The van der Waals surface area contributed by atoms with Crippen molar-refractivity contribution in [3.05, 3.63) is 35.3 Å². The summed E-state index contributed by atoms with van der Waals surface area (Å²) in [5, 5.41) is 3.11. The van der Waals surface area contributed by atoms with Gasteiger partial charge in [0.25, 0.3) is 5.91 Å². The second kappa shape index (κ2) is 8.57. The third kappa shape index (κ3) is 5.14. The molecule has 1 amide bonds.